The number of ether oxygens (including phenoxy) is 1. The highest BCUT2D eigenvalue weighted by molar-refractivity contribution is 5.77. The number of hydrogen-bond donors (Lipinski definition) is 3. The summed E-state index contributed by atoms with van der Waals surface area (Å²) in [5, 5.41) is 23.8. The van der Waals surface area contributed by atoms with Crippen molar-refractivity contribution in [3.63, 3.8) is 0 Å². The zero-order chi connectivity index (χ0) is 46.7. The summed E-state index contributed by atoms with van der Waals surface area (Å²) in [6.07, 6.45) is 66.4. The Hall–Kier alpha value is -2.96. The molecule has 0 aliphatic rings. The van der Waals surface area contributed by atoms with Gasteiger partial charge in [0.15, 0.2) is 0 Å². The van der Waals surface area contributed by atoms with Crippen molar-refractivity contribution >= 4 is 11.9 Å². The van der Waals surface area contributed by atoms with Crippen LogP contribution in [0.3, 0.4) is 0 Å². The normalized spacial score (nSPS) is 13.9. The van der Waals surface area contributed by atoms with E-state index in [0.29, 0.717) is 19.3 Å². The van der Waals surface area contributed by atoms with Gasteiger partial charge in [0.1, 0.15) is 6.10 Å². The van der Waals surface area contributed by atoms with Gasteiger partial charge in [-0.15, -0.1) is 0 Å². The van der Waals surface area contributed by atoms with Gasteiger partial charge >= 0.3 is 5.97 Å². The largest absolute Gasteiger partial charge is 0.462 e. The Morgan fingerprint density at radius 2 is 0.844 bits per heavy atom. The van der Waals surface area contributed by atoms with Crippen LogP contribution in [0.25, 0.3) is 0 Å². The third-order valence-corrected chi connectivity index (χ3v) is 11.7. The monoisotopic (exact) mass is 892 g/mol. The van der Waals surface area contributed by atoms with Crippen LogP contribution in [0, 0.1) is 0 Å². The van der Waals surface area contributed by atoms with Crippen molar-refractivity contribution in [1.29, 1.82) is 0 Å². The minimum Gasteiger partial charge on any atom is -0.462 e. The molecule has 0 aromatic heterocycles. The van der Waals surface area contributed by atoms with E-state index in [0.717, 1.165) is 122 Å². The van der Waals surface area contributed by atoms with Crippen molar-refractivity contribution in [2.45, 2.75) is 264 Å². The van der Waals surface area contributed by atoms with Crippen molar-refractivity contribution in [1.82, 2.24) is 5.32 Å². The van der Waals surface area contributed by atoms with E-state index < -0.39 is 18.2 Å². The lowest BCUT2D eigenvalue weighted by atomic mass is 10.0. The summed E-state index contributed by atoms with van der Waals surface area (Å²) < 4.78 is 5.92. The molecule has 0 bridgehead atoms. The first-order valence-corrected chi connectivity index (χ1v) is 26.8. The second-order valence-corrected chi connectivity index (χ2v) is 17.9. The standard InChI is InChI=1S/C58H101NO5/c1-4-7-10-13-16-19-22-25-28-30-33-36-39-42-45-48-51-58(63)64-54(49-46-43-40-37-34-31-27-24-21-18-15-12-9-6-3)52-57(62)59-55(53-60)56(61)50-47-44-41-38-35-32-29-26-23-20-17-14-11-8-5-2/h7,9-10,12,16,18-19,21,25,27-28,31,33,36,54-56,60-61H,4-6,8,11,13-15,17,20,22-24,26,29-30,32,34-35,37-53H2,1-3H3,(H,59,62)/b10-7+,12-9+,19-16+,21-18+,28-25+,31-27+,36-33+. The molecule has 1 amide bonds. The Labute approximate surface area is 395 Å². The fraction of sp³-hybridized carbons (Fsp3) is 0.724. The lowest BCUT2D eigenvalue weighted by Gasteiger charge is -2.24. The smallest absolute Gasteiger partial charge is 0.306 e. The maximum Gasteiger partial charge on any atom is 0.306 e. The molecular formula is C58H101NO5. The second kappa shape index (κ2) is 51.0. The number of esters is 1. The molecule has 0 aliphatic heterocycles. The molecular weight excluding hydrogens is 791 g/mol. The van der Waals surface area contributed by atoms with Gasteiger partial charge in [0.2, 0.25) is 5.91 Å². The van der Waals surface area contributed by atoms with E-state index in [9.17, 15) is 19.8 Å². The topological polar surface area (TPSA) is 95.9 Å². The Morgan fingerprint density at radius 3 is 1.28 bits per heavy atom. The third kappa shape index (κ3) is 45.6. The number of carbonyl (C=O) groups is 2. The van der Waals surface area contributed by atoms with Crippen molar-refractivity contribution in [3.05, 3.63) is 85.1 Å². The van der Waals surface area contributed by atoms with Crippen LogP contribution in [0.2, 0.25) is 0 Å². The lowest BCUT2D eigenvalue weighted by molar-refractivity contribution is -0.151. The molecule has 0 aliphatic carbocycles. The van der Waals surface area contributed by atoms with E-state index in [-0.39, 0.29) is 24.9 Å². The SMILES string of the molecule is CC/C=C/C/C=C/C/C=C/C/C=C/CCCCCC(=O)OC(CCCCCC/C=C/C/C=C/C/C=C/CC)CC(=O)NC(CO)C(O)CCCCCCCCCCCCCCCCC. The fourth-order valence-corrected chi connectivity index (χ4v) is 7.73. The Bertz CT molecular complexity index is 1230. The quantitative estimate of drug-likeness (QED) is 0.0321. The highest BCUT2D eigenvalue weighted by Crippen LogP contribution is 2.17. The van der Waals surface area contributed by atoms with Crippen LogP contribution in [0.1, 0.15) is 245 Å². The van der Waals surface area contributed by atoms with Gasteiger partial charge in [-0.3, -0.25) is 9.59 Å². The first-order valence-electron chi connectivity index (χ1n) is 26.8. The van der Waals surface area contributed by atoms with Gasteiger partial charge in [-0.25, -0.2) is 0 Å². The number of aliphatic hydroxyl groups excluding tert-OH is 2. The van der Waals surface area contributed by atoms with E-state index in [1.807, 2.05) is 0 Å². The summed E-state index contributed by atoms with van der Waals surface area (Å²) in [6.45, 7) is 6.25. The third-order valence-electron chi connectivity index (χ3n) is 11.7. The Morgan fingerprint density at radius 1 is 0.469 bits per heavy atom. The van der Waals surface area contributed by atoms with Crippen molar-refractivity contribution in [2.75, 3.05) is 6.61 Å². The van der Waals surface area contributed by atoms with Crippen LogP contribution in [0.15, 0.2) is 85.1 Å². The second-order valence-electron chi connectivity index (χ2n) is 17.9. The number of rotatable bonds is 47. The van der Waals surface area contributed by atoms with E-state index in [4.69, 9.17) is 4.74 Å². The number of unbranched alkanes of at least 4 members (excludes halogenated alkanes) is 21. The van der Waals surface area contributed by atoms with Gasteiger partial charge in [-0.1, -0.05) is 221 Å². The first kappa shape index (κ1) is 61.0. The Kier molecular flexibility index (Phi) is 48.7. The van der Waals surface area contributed by atoms with Gasteiger partial charge in [-0.2, -0.15) is 0 Å². The van der Waals surface area contributed by atoms with Crippen LogP contribution in [-0.4, -0.2) is 46.9 Å². The molecule has 0 aromatic carbocycles. The summed E-state index contributed by atoms with van der Waals surface area (Å²) in [5.74, 6) is -0.535. The molecule has 3 N–H and O–H groups in total. The van der Waals surface area contributed by atoms with Crippen LogP contribution >= 0.6 is 0 Å². The van der Waals surface area contributed by atoms with E-state index in [1.165, 1.54) is 77.0 Å². The highest BCUT2D eigenvalue weighted by Gasteiger charge is 2.24. The summed E-state index contributed by atoms with van der Waals surface area (Å²) in [5.41, 5.74) is 0. The first-order chi connectivity index (χ1) is 31.5. The van der Waals surface area contributed by atoms with Crippen molar-refractivity contribution in [2.24, 2.45) is 0 Å². The predicted molar refractivity (Wildman–Crippen MR) is 278 cm³/mol. The maximum absolute atomic E-state index is 13.2. The minimum atomic E-state index is -0.804. The molecule has 0 saturated heterocycles. The molecule has 3 atom stereocenters. The van der Waals surface area contributed by atoms with Gasteiger partial charge in [0.05, 0.1) is 25.2 Å². The zero-order valence-electron chi connectivity index (χ0n) is 41.9. The molecule has 0 fully saturated rings. The fourth-order valence-electron chi connectivity index (χ4n) is 7.73. The lowest BCUT2D eigenvalue weighted by Crippen LogP contribution is -2.46. The van der Waals surface area contributed by atoms with Crippen molar-refractivity contribution < 1.29 is 24.5 Å². The van der Waals surface area contributed by atoms with Crippen LogP contribution in [-0.2, 0) is 14.3 Å². The number of nitrogens with one attached hydrogen (secondary N) is 1. The molecule has 0 spiro atoms. The molecule has 0 radical (unpaired) electrons. The number of carbonyl (C=O) groups excluding carboxylic acids is 2. The molecule has 0 rings (SSSR count). The number of amides is 1. The molecule has 368 valence electrons. The van der Waals surface area contributed by atoms with Gasteiger partial charge < -0.3 is 20.3 Å². The van der Waals surface area contributed by atoms with E-state index in [1.54, 1.807) is 0 Å². The average Bonchev–Trinajstić information content (AvgIpc) is 3.29. The highest BCUT2D eigenvalue weighted by atomic mass is 16.5. The van der Waals surface area contributed by atoms with Crippen LogP contribution in [0.5, 0.6) is 0 Å². The van der Waals surface area contributed by atoms with Crippen LogP contribution < -0.4 is 5.32 Å². The van der Waals surface area contributed by atoms with Gasteiger partial charge in [-0.05, 0) is 96.3 Å². The Balaban J connectivity index is 4.65. The molecule has 6 nitrogen and oxygen atoms in total. The summed E-state index contributed by atoms with van der Waals surface area (Å²) in [6, 6.07) is -0.720. The summed E-state index contributed by atoms with van der Waals surface area (Å²) in [7, 11) is 0. The molecule has 0 aromatic rings. The van der Waals surface area contributed by atoms with Crippen molar-refractivity contribution in [3.8, 4) is 0 Å². The predicted octanol–water partition coefficient (Wildman–Crippen LogP) is 16.3. The van der Waals surface area contributed by atoms with Crippen LogP contribution in [0.4, 0.5) is 0 Å². The summed E-state index contributed by atoms with van der Waals surface area (Å²) in [4.78, 5) is 26.2. The zero-order valence-corrected chi connectivity index (χ0v) is 41.9. The minimum absolute atomic E-state index is 0.0459. The van der Waals surface area contributed by atoms with Gasteiger partial charge in [0.25, 0.3) is 0 Å². The maximum atomic E-state index is 13.2. The molecule has 6 heteroatoms. The van der Waals surface area contributed by atoms with E-state index in [2.05, 4.69) is 111 Å². The number of hydrogen-bond acceptors (Lipinski definition) is 5. The van der Waals surface area contributed by atoms with E-state index >= 15 is 0 Å². The van der Waals surface area contributed by atoms with Gasteiger partial charge in [0, 0.05) is 6.42 Å². The molecule has 3 unspecified atom stereocenters. The molecule has 64 heavy (non-hydrogen) atoms. The average molecular weight is 892 g/mol. The molecule has 0 saturated carbocycles. The number of aliphatic hydroxyl groups is 2. The number of allylic oxidation sites excluding steroid dienone is 14. The summed E-state index contributed by atoms with van der Waals surface area (Å²) >= 11 is 0. The molecule has 0 heterocycles.